The summed E-state index contributed by atoms with van der Waals surface area (Å²) in [6, 6.07) is 6.52. The van der Waals surface area contributed by atoms with Gasteiger partial charge in [-0.25, -0.2) is 0 Å². The van der Waals surface area contributed by atoms with Crippen LogP contribution in [0.2, 0.25) is 0 Å². The zero-order valence-electron chi connectivity index (χ0n) is 12.2. The molecule has 0 aliphatic carbocycles. The molecule has 0 spiro atoms. The normalized spacial score (nSPS) is 21.2. The molecule has 4 nitrogen and oxygen atoms in total. The van der Waals surface area contributed by atoms with E-state index in [1.807, 2.05) is 19.1 Å². The molecule has 1 atom stereocenters. The zero-order chi connectivity index (χ0) is 13.8. The Morgan fingerprint density at radius 3 is 2.84 bits per heavy atom. The molecule has 1 saturated heterocycles. The second-order valence-electron chi connectivity index (χ2n) is 5.35. The van der Waals surface area contributed by atoms with Gasteiger partial charge < -0.3 is 20.3 Å². The molecule has 1 aliphatic heterocycles. The lowest BCUT2D eigenvalue weighted by Gasteiger charge is -2.30. The van der Waals surface area contributed by atoms with Crippen molar-refractivity contribution in [2.75, 3.05) is 43.9 Å². The Balaban J connectivity index is 2.24. The number of anilines is 2. The van der Waals surface area contributed by atoms with Crippen molar-refractivity contribution in [3.8, 4) is 5.75 Å². The van der Waals surface area contributed by atoms with Gasteiger partial charge in [0, 0.05) is 42.6 Å². The molecule has 19 heavy (non-hydrogen) atoms. The van der Waals surface area contributed by atoms with Crippen molar-refractivity contribution >= 4 is 11.4 Å². The van der Waals surface area contributed by atoms with Gasteiger partial charge in [-0.15, -0.1) is 0 Å². The van der Waals surface area contributed by atoms with Gasteiger partial charge in [0.2, 0.25) is 0 Å². The van der Waals surface area contributed by atoms with E-state index in [0.717, 1.165) is 31.1 Å². The first-order chi connectivity index (χ1) is 9.10. The maximum atomic E-state index is 5.99. The maximum absolute atomic E-state index is 5.99. The van der Waals surface area contributed by atoms with Gasteiger partial charge in [0.1, 0.15) is 5.75 Å². The van der Waals surface area contributed by atoms with Crippen LogP contribution >= 0.6 is 0 Å². The number of nitrogens with zero attached hydrogens (tertiary/aromatic N) is 2. The van der Waals surface area contributed by atoms with Crippen LogP contribution in [-0.4, -0.2) is 44.2 Å². The standard InChI is InChI=1S/C15H25N3O/c1-4-19-15-9-13(16)8-14(10-15)18-7-5-6-17(3)11-12(18)2/h8-10,12H,4-7,11,16H2,1-3H3. The van der Waals surface area contributed by atoms with Gasteiger partial charge in [-0.2, -0.15) is 0 Å². The van der Waals surface area contributed by atoms with Crippen LogP contribution in [-0.2, 0) is 0 Å². The molecule has 2 N–H and O–H groups in total. The summed E-state index contributed by atoms with van der Waals surface area (Å²) < 4.78 is 5.59. The highest BCUT2D eigenvalue weighted by Gasteiger charge is 2.20. The smallest absolute Gasteiger partial charge is 0.123 e. The molecular formula is C15H25N3O. The number of rotatable bonds is 3. The number of likely N-dealkylation sites (N-methyl/N-ethyl adjacent to an activating group) is 1. The van der Waals surface area contributed by atoms with Gasteiger partial charge in [0.25, 0.3) is 0 Å². The van der Waals surface area contributed by atoms with E-state index in [2.05, 4.69) is 29.8 Å². The van der Waals surface area contributed by atoms with Crippen LogP contribution in [0.25, 0.3) is 0 Å². The van der Waals surface area contributed by atoms with Crippen LogP contribution in [0.3, 0.4) is 0 Å². The van der Waals surface area contributed by atoms with E-state index in [1.165, 1.54) is 12.1 Å². The minimum Gasteiger partial charge on any atom is -0.494 e. The predicted molar refractivity (Wildman–Crippen MR) is 80.9 cm³/mol. The second-order valence-corrected chi connectivity index (χ2v) is 5.35. The number of nitrogen functional groups attached to an aromatic ring is 1. The Kier molecular flexibility index (Phi) is 4.53. The molecule has 1 heterocycles. The third-order valence-electron chi connectivity index (χ3n) is 3.60. The molecule has 0 radical (unpaired) electrons. The molecule has 0 amide bonds. The van der Waals surface area contributed by atoms with Crippen molar-refractivity contribution in [2.45, 2.75) is 26.3 Å². The SMILES string of the molecule is CCOc1cc(N)cc(N2CCCN(C)CC2C)c1. The van der Waals surface area contributed by atoms with Gasteiger partial charge >= 0.3 is 0 Å². The van der Waals surface area contributed by atoms with Crippen molar-refractivity contribution in [1.82, 2.24) is 4.90 Å². The van der Waals surface area contributed by atoms with Gasteiger partial charge in [0.15, 0.2) is 0 Å². The first-order valence-corrected chi connectivity index (χ1v) is 7.08. The summed E-state index contributed by atoms with van der Waals surface area (Å²) in [5.41, 5.74) is 7.93. The highest BCUT2D eigenvalue weighted by molar-refractivity contribution is 5.61. The average Bonchev–Trinajstić information content (AvgIpc) is 2.49. The van der Waals surface area contributed by atoms with Crippen molar-refractivity contribution in [3.05, 3.63) is 18.2 Å². The van der Waals surface area contributed by atoms with Crippen molar-refractivity contribution < 1.29 is 4.74 Å². The second kappa shape index (κ2) is 6.15. The Labute approximate surface area is 116 Å². The molecule has 0 saturated carbocycles. The zero-order valence-corrected chi connectivity index (χ0v) is 12.2. The first-order valence-electron chi connectivity index (χ1n) is 7.08. The number of benzene rings is 1. The van der Waals surface area contributed by atoms with Crippen molar-refractivity contribution in [1.29, 1.82) is 0 Å². The van der Waals surface area contributed by atoms with Crippen molar-refractivity contribution in [3.63, 3.8) is 0 Å². The molecule has 0 aromatic heterocycles. The summed E-state index contributed by atoms with van der Waals surface area (Å²) in [6.45, 7) is 8.24. The van der Waals surface area contributed by atoms with E-state index in [9.17, 15) is 0 Å². The highest BCUT2D eigenvalue weighted by atomic mass is 16.5. The minimum atomic E-state index is 0.490. The fourth-order valence-corrected chi connectivity index (χ4v) is 2.78. The molecular weight excluding hydrogens is 238 g/mol. The molecule has 1 aromatic rings. The van der Waals surface area contributed by atoms with Gasteiger partial charge in [-0.05, 0) is 39.9 Å². The van der Waals surface area contributed by atoms with E-state index in [-0.39, 0.29) is 0 Å². The molecule has 1 aliphatic rings. The first kappa shape index (κ1) is 14.0. The van der Waals surface area contributed by atoms with Crippen LogP contribution in [0.1, 0.15) is 20.3 Å². The lowest BCUT2D eigenvalue weighted by molar-refractivity contribution is 0.336. The Bertz CT molecular complexity index is 422. The summed E-state index contributed by atoms with van der Waals surface area (Å²) in [4.78, 5) is 4.82. The average molecular weight is 263 g/mol. The summed E-state index contributed by atoms with van der Waals surface area (Å²) in [5.74, 6) is 0.863. The maximum Gasteiger partial charge on any atom is 0.123 e. The lowest BCUT2D eigenvalue weighted by atomic mass is 10.2. The largest absolute Gasteiger partial charge is 0.494 e. The Morgan fingerprint density at radius 1 is 1.32 bits per heavy atom. The third kappa shape index (κ3) is 3.53. The topological polar surface area (TPSA) is 41.7 Å². The number of hydrogen-bond donors (Lipinski definition) is 1. The van der Waals surface area contributed by atoms with E-state index in [1.54, 1.807) is 0 Å². The van der Waals surface area contributed by atoms with Gasteiger partial charge in [-0.1, -0.05) is 0 Å². The number of hydrogen-bond acceptors (Lipinski definition) is 4. The summed E-state index contributed by atoms with van der Waals surface area (Å²) >= 11 is 0. The molecule has 106 valence electrons. The molecule has 2 rings (SSSR count). The van der Waals surface area contributed by atoms with E-state index >= 15 is 0 Å². The summed E-state index contributed by atoms with van der Waals surface area (Å²) in [7, 11) is 2.19. The highest BCUT2D eigenvalue weighted by Crippen LogP contribution is 2.28. The van der Waals surface area contributed by atoms with Gasteiger partial charge in [-0.3, -0.25) is 0 Å². The predicted octanol–water partition coefficient (Wildman–Crippen LogP) is 2.20. The summed E-state index contributed by atoms with van der Waals surface area (Å²) in [6.07, 6.45) is 1.18. The third-order valence-corrected chi connectivity index (χ3v) is 3.60. The Morgan fingerprint density at radius 2 is 2.11 bits per heavy atom. The molecule has 1 aromatic carbocycles. The molecule has 1 unspecified atom stereocenters. The van der Waals surface area contributed by atoms with Crippen LogP contribution in [0.5, 0.6) is 5.75 Å². The minimum absolute atomic E-state index is 0.490. The van der Waals surface area contributed by atoms with Crippen LogP contribution in [0, 0.1) is 0 Å². The van der Waals surface area contributed by atoms with Crippen LogP contribution in [0.4, 0.5) is 11.4 Å². The lowest BCUT2D eigenvalue weighted by Crippen LogP contribution is -2.37. The van der Waals surface area contributed by atoms with Crippen LogP contribution < -0.4 is 15.4 Å². The van der Waals surface area contributed by atoms with E-state index in [0.29, 0.717) is 12.6 Å². The van der Waals surface area contributed by atoms with Crippen LogP contribution in [0.15, 0.2) is 18.2 Å². The van der Waals surface area contributed by atoms with E-state index < -0.39 is 0 Å². The molecule has 4 heteroatoms. The fourth-order valence-electron chi connectivity index (χ4n) is 2.78. The quantitative estimate of drug-likeness (QED) is 0.849. The number of ether oxygens (including phenoxy) is 1. The molecule has 0 bridgehead atoms. The van der Waals surface area contributed by atoms with Gasteiger partial charge in [0.05, 0.1) is 6.61 Å². The van der Waals surface area contributed by atoms with E-state index in [4.69, 9.17) is 10.5 Å². The number of nitrogens with two attached hydrogens (primary N) is 1. The summed E-state index contributed by atoms with van der Waals surface area (Å²) in [5, 5.41) is 0. The monoisotopic (exact) mass is 263 g/mol. The fraction of sp³-hybridized carbons (Fsp3) is 0.600. The van der Waals surface area contributed by atoms with Crippen molar-refractivity contribution in [2.24, 2.45) is 0 Å². The Hall–Kier alpha value is -1.42. The molecule has 1 fully saturated rings.